The standard InChI is InChI=1S/C19H23N5O3/c1-22-16(25)19(23(2)18(22)27)6-9-24(10-7-19)17(26)21-12-13-3-4-14-5-8-20-15(14)11-13/h3-5,8,11,20H,6-7,9-10,12H2,1-2H3,(H,21,26). The number of H-pyrrole nitrogens is 1. The molecule has 27 heavy (non-hydrogen) atoms. The first-order chi connectivity index (χ1) is 12.9. The van der Waals surface area contributed by atoms with E-state index in [0.717, 1.165) is 16.5 Å². The van der Waals surface area contributed by atoms with Crippen LogP contribution in [0.25, 0.3) is 10.9 Å². The van der Waals surface area contributed by atoms with Crippen LogP contribution in [0.1, 0.15) is 18.4 Å². The Bertz CT molecular complexity index is 913. The van der Waals surface area contributed by atoms with Gasteiger partial charge in [-0.15, -0.1) is 0 Å². The molecule has 0 saturated carbocycles. The van der Waals surface area contributed by atoms with Gasteiger partial charge in [0.25, 0.3) is 5.91 Å². The zero-order valence-electron chi connectivity index (χ0n) is 15.5. The monoisotopic (exact) mass is 369 g/mol. The molecule has 2 fully saturated rings. The van der Waals surface area contributed by atoms with Gasteiger partial charge in [0.2, 0.25) is 0 Å². The van der Waals surface area contributed by atoms with Gasteiger partial charge in [0.15, 0.2) is 0 Å². The minimum atomic E-state index is -0.804. The predicted molar refractivity (Wildman–Crippen MR) is 100 cm³/mol. The maximum atomic E-state index is 12.5. The predicted octanol–water partition coefficient (Wildman–Crippen LogP) is 1.74. The number of amides is 5. The van der Waals surface area contributed by atoms with Crippen LogP contribution in [0.15, 0.2) is 30.5 Å². The van der Waals surface area contributed by atoms with Crippen molar-refractivity contribution in [3.05, 3.63) is 36.0 Å². The molecule has 0 aliphatic carbocycles. The third-order valence-electron chi connectivity index (χ3n) is 5.86. The highest BCUT2D eigenvalue weighted by Gasteiger charge is 2.55. The highest BCUT2D eigenvalue weighted by atomic mass is 16.2. The summed E-state index contributed by atoms with van der Waals surface area (Å²) >= 11 is 0. The van der Waals surface area contributed by atoms with Crippen LogP contribution in [0.4, 0.5) is 9.59 Å². The quantitative estimate of drug-likeness (QED) is 0.790. The Hall–Kier alpha value is -3.03. The van der Waals surface area contributed by atoms with Crippen molar-refractivity contribution in [2.24, 2.45) is 0 Å². The fourth-order valence-corrected chi connectivity index (χ4v) is 4.07. The number of nitrogens with one attached hydrogen (secondary N) is 2. The molecule has 2 aromatic rings. The highest BCUT2D eigenvalue weighted by molar-refractivity contribution is 6.06. The maximum Gasteiger partial charge on any atom is 0.327 e. The van der Waals surface area contributed by atoms with E-state index in [1.54, 1.807) is 11.9 Å². The number of carbonyl (C=O) groups excluding carboxylic acids is 3. The van der Waals surface area contributed by atoms with E-state index >= 15 is 0 Å². The Morgan fingerprint density at radius 2 is 1.93 bits per heavy atom. The molecule has 8 heteroatoms. The van der Waals surface area contributed by atoms with E-state index in [9.17, 15) is 14.4 Å². The van der Waals surface area contributed by atoms with Gasteiger partial charge in [-0.05, 0) is 35.9 Å². The van der Waals surface area contributed by atoms with Gasteiger partial charge < -0.3 is 20.1 Å². The van der Waals surface area contributed by atoms with Crippen molar-refractivity contribution in [1.82, 2.24) is 25.0 Å². The summed E-state index contributed by atoms with van der Waals surface area (Å²) in [4.78, 5) is 44.7. The van der Waals surface area contributed by atoms with E-state index in [1.165, 1.54) is 16.8 Å². The Balaban J connectivity index is 1.36. The molecule has 142 valence electrons. The number of carbonyl (C=O) groups is 3. The van der Waals surface area contributed by atoms with E-state index < -0.39 is 5.54 Å². The van der Waals surface area contributed by atoms with Crippen LogP contribution in [0.3, 0.4) is 0 Å². The molecule has 1 aromatic heterocycles. The molecule has 3 heterocycles. The Kier molecular flexibility index (Phi) is 4.05. The summed E-state index contributed by atoms with van der Waals surface area (Å²) in [5, 5.41) is 4.08. The van der Waals surface area contributed by atoms with Gasteiger partial charge in [-0.3, -0.25) is 9.69 Å². The van der Waals surface area contributed by atoms with Crippen molar-refractivity contribution >= 4 is 28.9 Å². The lowest BCUT2D eigenvalue weighted by Gasteiger charge is -2.40. The molecule has 2 aliphatic heterocycles. The third-order valence-corrected chi connectivity index (χ3v) is 5.86. The summed E-state index contributed by atoms with van der Waals surface area (Å²) in [6.45, 7) is 1.33. The number of imide groups is 1. The molecule has 0 bridgehead atoms. The second kappa shape index (κ2) is 6.29. The molecule has 2 saturated heterocycles. The molecule has 1 aromatic carbocycles. The van der Waals surface area contributed by atoms with Crippen LogP contribution >= 0.6 is 0 Å². The average molecular weight is 369 g/mol. The van der Waals surface area contributed by atoms with Gasteiger partial charge >= 0.3 is 12.1 Å². The van der Waals surface area contributed by atoms with Crippen LogP contribution < -0.4 is 5.32 Å². The summed E-state index contributed by atoms with van der Waals surface area (Å²) in [6.07, 6.45) is 2.81. The molecule has 0 radical (unpaired) electrons. The molecule has 2 aliphatic rings. The molecule has 8 nitrogen and oxygen atoms in total. The lowest BCUT2D eigenvalue weighted by molar-refractivity contribution is -0.134. The van der Waals surface area contributed by atoms with Crippen molar-refractivity contribution in [2.75, 3.05) is 27.2 Å². The molecule has 5 amide bonds. The number of fused-ring (bicyclic) bond motifs is 1. The molecule has 2 N–H and O–H groups in total. The topological polar surface area (TPSA) is 88.8 Å². The molecular formula is C19H23N5O3. The first-order valence-corrected chi connectivity index (χ1v) is 9.07. The van der Waals surface area contributed by atoms with Crippen LogP contribution in [-0.4, -0.2) is 70.4 Å². The van der Waals surface area contributed by atoms with Crippen molar-refractivity contribution < 1.29 is 14.4 Å². The summed E-state index contributed by atoms with van der Waals surface area (Å²) < 4.78 is 0. The van der Waals surface area contributed by atoms with Crippen LogP contribution in [0.5, 0.6) is 0 Å². The van der Waals surface area contributed by atoms with E-state index in [2.05, 4.69) is 10.3 Å². The molecular weight excluding hydrogens is 346 g/mol. The largest absolute Gasteiger partial charge is 0.361 e. The summed E-state index contributed by atoms with van der Waals surface area (Å²) in [5.41, 5.74) is 1.25. The van der Waals surface area contributed by atoms with Crippen molar-refractivity contribution in [3.63, 3.8) is 0 Å². The minimum absolute atomic E-state index is 0.149. The van der Waals surface area contributed by atoms with Crippen LogP contribution in [0.2, 0.25) is 0 Å². The summed E-state index contributed by atoms with van der Waals surface area (Å²) in [6, 6.07) is 7.61. The zero-order chi connectivity index (χ0) is 19.2. The fraction of sp³-hybridized carbons (Fsp3) is 0.421. The number of hydrogen-bond donors (Lipinski definition) is 2. The number of urea groups is 2. The average Bonchev–Trinajstić information content (AvgIpc) is 3.22. The van der Waals surface area contributed by atoms with E-state index in [1.807, 2.05) is 30.5 Å². The number of likely N-dealkylation sites (N-methyl/N-ethyl adjacent to an activating group) is 2. The van der Waals surface area contributed by atoms with Crippen LogP contribution in [-0.2, 0) is 11.3 Å². The van der Waals surface area contributed by atoms with Gasteiger partial charge in [0, 0.05) is 45.4 Å². The molecule has 0 unspecified atom stereocenters. The van der Waals surface area contributed by atoms with E-state index in [4.69, 9.17) is 0 Å². The maximum absolute atomic E-state index is 12.5. The van der Waals surface area contributed by atoms with Gasteiger partial charge in [-0.2, -0.15) is 0 Å². The van der Waals surface area contributed by atoms with Gasteiger partial charge in [-0.1, -0.05) is 12.1 Å². The van der Waals surface area contributed by atoms with Crippen LogP contribution in [0, 0.1) is 0 Å². The molecule has 4 rings (SSSR count). The number of rotatable bonds is 2. The first kappa shape index (κ1) is 17.4. The number of likely N-dealkylation sites (tertiary alicyclic amines) is 1. The molecule has 1 spiro atoms. The Morgan fingerprint density at radius 1 is 1.19 bits per heavy atom. The SMILES string of the molecule is CN1C(=O)N(C)C2(CCN(C(=O)NCc3ccc4cc[nH]c4c3)CC2)C1=O. The third kappa shape index (κ3) is 2.72. The van der Waals surface area contributed by atoms with Crippen molar-refractivity contribution in [2.45, 2.75) is 24.9 Å². The van der Waals surface area contributed by atoms with Gasteiger partial charge in [-0.25, -0.2) is 9.59 Å². The second-order valence-electron chi connectivity index (χ2n) is 7.28. The second-order valence-corrected chi connectivity index (χ2v) is 7.28. The zero-order valence-corrected chi connectivity index (χ0v) is 15.5. The Labute approximate surface area is 157 Å². The van der Waals surface area contributed by atoms with Crippen molar-refractivity contribution in [3.8, 4) is 0 Å². The lowest BCUT2D eigenvalue weighted by atomic mass is 9.86. The highest BCUT2D eigenvalue weighted by Crippen LogP contribution is 2.35. The minimum Gasteiger partial charge on any atom is -0.361 e. The van der Waals surface area contributed by atoms with Gasteiger partial charge in [0.1, 0.15) is 5.54 Å². The number of piperidine rings is 1. The molecule has 0 atom stereocenters. The summed E-state index contributed by atoms with van der Waals surface area (Å²) in [7, 11) is 3.17. The van der Waals surface area contributed by atoms with E-state index in [-0.39, 0.29) is 18.0 Å². The number of aromatic amines is 1. The normalized spacial score (nSPS) is 19.4. The summed E-state index contributed by atoms with van der Waals surface area (Å²) in [5.74, 6) is -0.172. The smallest absolute Gasteiger partial charge is 0.327 e. The Morgan fingerprint density at radius 3 is 2.59 bits per heavy atom. The lowest BCUT2D eigenvalue weighted by Crippen LogP contribution is -2.57. The van der Waals surface area contributed by atoms with E-state index in [0.29, 0.717) is 32.5 Å². The number of nitrogens with zero attached hydrogens (tertiary/aromatic N) is 3. The van der Waals surface area contributed by atoms with Gasteiger partial charge in [0.05, 0.1) is 0 Å². The first-order valence-electron chi connectivity index (χ1n) is 9.07. The fourth-order valence-electron chi connectivity index (χ4n) is 4.07. The number of benzene rings is 1. The van der Waals surface area contributed by atoms with Crippen molar-refractivity contribution in [1.29, 1.82) is 0 Å². The number of aromatic nitrogens is 1. The number of hydrogen-bond acceptors (Lipinski definition) is 3.